The van der Waals surface area contributed by atoms with Crippen molar-refractivity contribution >= 4 is 27.6 Å². The molecule has 0 spiro atoms. The van der Waals surface area contributed by atoms with Gasteiger partial charge in [-0.05, 0) is 25.5 Å². The Kier molecular flexibility index (Phi) is 5.71. The summed E-state index contributed by atoms with van der Waals surface area (Å²) in [5.74, 6) is -2.47. The topological polar surface area (TPSA) is 112 Å². The van der Waals surface area contributed by atoms with Crippen LogP contribution in [0.3, 0.4) is 0 Å². The number of aromatic carboxylic acids is 1. The molecule has 0 fully saturated rings. The highest BCUT2D eigenvalue weighted by Gasteiger charge is 2.24. The van der Waals surface area contributed by atoms with E-state index < -0.39 is 22.0 Å². The lowest BCUT2D eigenvalue weighted by Gasteiger charge is -2.25. The Hall–Kier alpha value is -2.09. The monoisotopic (exact) mass is 315 g/mol. The highest BCUT2D eigenvalue weighted by molar-refractivity contribution is 7.92. The second-order valence-corrected chi connectivity index (χ2v) is 6.47. The van der Waals surface area contributed by atoms with Gasteiger partial charge < -0.3 is 10.2 Å². The van der Waals surface area contributed by atoms with E-state index in [0.29, 0.717) is 0 Å². The molecule has 0 unspecified atom stereocenters. The van der Waals surface area contributed by atoms with E-state index in [2.05, 4.69) is 0 Å². The molecule has 0 bridgehead atoms. The van der Waals surface area contributed by atoms with E-state index in [4.69, 9.17) is 10.2 Å². The van der Waals surface area contributed by atoms with Crippen LogP contribution < -0.4 is 4.31 Å². The van der Waals surface area contributed by atoms with Gasteiger partial charge in [-0.25, -0.2) is 13.2 Å². The molecule has 1 aromatic carbocycles. The SMILES string of the molecule is CCS(=O)(=O)N(CCCC(=O)O)c1ccccc1C(=O)O. The Morgan fingerprint density at radius 1 is 1.19 bits per heavy atom. The van der Waals surface area contributed by atoms with Gasteiger partial charge in [-0.3, -0.25) is 9.10 Å². The number of hydrogen-bond acceptors (Lipinski definition) is 4. The molecule has 0 saturated carbocycles. The third-order valence-corrected chi connectivity index (χ3v) is 4.64. The van der Waals surface area contributed by atoms with E-state index >= 15 is 0 Å². The van der Waals surface area contributed by atoms with Gasteiger partial charge in [0.2, 0.25) is 10.0 Å². The maximum Gasteiger partial charge on any atom is 0.337 e. The molecule has 7 nitrogen and oxygen atoms in total. The van der Waals surface area contributed by atoms with Crippen molar-refractivity contribution in [2.45, 2.75) is 19.8 Å². The Labute approximate surface area is 122 Å². The molecule has 116 valence electrons. The first kappa shape index (κ1) is 17.0. The summed E-state index contributed by atoms with van der Waals surface area (Å²) >= 11 is 0. The van der Waals surface area contributed by atoms with Crippen LogP contribution in [0.1, 0.15) is 30.1 Å². The fourth-order valence-electron chi connectivity index (χ4n) is 1.81. The number of benzene rings is 1. The van der Waals surface area contributed by atoms with Crippen molar-refractivity contribution in [3.05, 3.63) is 29.8 Å². The van der Waals surface area contributed by atoms with Crippen LogP contribution in [0, 0.1) is 0 Å². The number of carbonyl (C=O) groups is 2. The van der Waals surface area contributed by atoms with Crippen LogP contribution in [0.2, 0.25) is 0 Å². The molecule has 0 aromatic heterocycles. The van der Waals surface area contributed by atoms with E-state index in [1.807, 2.05) is 0 Å². The summed E-state index contributed by atoms with van der Waals surface area (Å²) in [6.07, 6.45) is -0.0898. The summed E-state index contributed by atoms with van der Waals surface area (Å²) < 4.78 is 25.2. The molecule has 0 aliphatic heterocycles. The van der Waals surface area contributed by atoms with Gasteiger partial charge in [0.05, 0.1) is 17.0 Å². The zero-order valence-corrected chi connectivity index (χ0v) is 12.3. The molecule has 2 N–H and O–H groups in total. The van der Waals surface area contributed by atoms with Gasteiger partial charge in [0.25, 0.3) is 0 Å². The third-order valence-electron chi connectivity index (χ3n) is 2.86. The number of para-hydroxylation sites is 1. The largest absolute Gasteiger partial charge is 0.481 e. The van der Waals surface area contributed by atoms with Crippen molar-refractivity contribution in [2.24, 2.45) is 0 Å². The van der Waals surface area contributed by atoms with Gasteiger partial charge >= 0.3 is 11.9 Å². The van der Waals surface area contributed by atoms with Crippen LogP contribution in [-0.2, 0) is 14.8 Å². The number of aliphatic carboxylic acids is 1. The molecular weight excluding hydrogens is 298 g/mol. The molecule has 0 aliphatic rings. The summed E-state index contributed by atoms with van der Waals surface area (Å²) in [6.45, 7) is 1.37. The Morgan fingerprint density at radius 3 is 2.33 bits per heavy atom. The number of anilines is 1. The van der Waals surface area contributed by atoms with Crippen LogP contribution in [0.4, 0.5) is 5.69 Å². The minimum atomic E-state index is -3.69. The van der Waals surface area contributed by atoms with Crippen LogP contribution in [0.25, 0.3) is 0 Å². The lowest BCUT2D eigenvalue weighted by atomic mass is 10.1. The lowest BCUT2D eigenvalue weighted by Crippen LogP contribution is -2.34. The fourth-order valence-corrected chi connectivity index (χ4v) is 2.99. The van der Waals surface area contributed by atoms with E-state index in [-0.39, 0.29) is 36.4 Å². The maximum atomic E-state index is 12.1. The molecule has 0 aliphatic carbocycles. The standard InChI is InChI=1S/C13H17NO6S/c1-2-21(19,20)14(9-5-8-12(15)16)11-7-4-3-6-10(11)13(17)18/h3-4,6-7H,2,5,8-9H2,1H3,(H,15,16)(H,17,18). The van der Waals surface area contributed by atoms with E-state index in [0.717, 1.165) is 4.31 Å². The van der Waals surface area contributed by atoms with Gasteiger partial charge in [0.1, 0.15) is 0 Å². The lowest BCUT2D eigenvalue weighted by molar-refractivity contribution is -0.137. The molecule has 21 heavy (non-hydrogen) atoms. The summed E-state index contributed by atoms with van der Waals surface area (Å²) in [5.41, 5.74) is -0.0814. The number of carboxylic acid groups (broad SMARTS) is 2. The van der Waals surface area contributed by atoms with Crippen LogP contribution in [0.15, 0.2) is 24.3 Å². The van der Waals surface area contributed by atoms with Gasteiger partial charge in [-0.2, -0.15) is 0 Å². The van der Waals surface area contributed by atoms with E-state index in [1.54, 1.807) is 0 Å². The molecule has 1 rings (SSSR count). The van der Waals surface area contributed by atoms with Crippen molar-refractivity contribution in [1.29, 1.82) is 0 Å². The van der Waals surface area contributed by atoms with Crippen molar-refractivity contribution in [3.8, 4) is 0 Å². The summed E-state index contributed by atoms with van der Waals surface area (Å²) in [5, 5.41) is 17.8. The first-order chi connectivity index (χ1) is 9.79. The molecule has 0 atom stereocenters. The average Bonchev–Trinajstić information content (AvgIpc) is 2.43. The summed E-state index contributed by atoms with van der Waals surface area (Å²) in [6, 6.07) is 5.75. The van der Waals surface area contributed by atoms with Crippen LogP contribution in [0.5, 0.6) is 0 Å². The number of sulfonamides is 1. The van der Waals surface area contributed by atoms with Crippen molar-refractivity contribution < 1.29 is 28.2 Å². The molecule has 0 saturated heterocycles. The third kappa shape index (κ3) is 4.45. The average molecular weight is 315 g/mol. The predicted octanol–water partition coefficient (Wildman–Crippen LogP) is 1.41. The Balaban J connectivity index is 3.19. The van der Waals surface area contributed by atoms with Crippen LogP contribution in [-0.4, -0.2) is 42.9 Å². The van der Waals surface area contributed by atoms with E-state index in [1.165, 1.54) is 31.2 Å². The molecule has 8 heteroatoms. The predicted molar refractivity (Wildman–Crippen MR) is 77.1 cm³/mol. The number of carboxylic acids is 2. The number of rotatable bonds is 8. The van der Waals surface area contributed by atoms with Crippen molar-refractivity contribution in [3.63, 3.8) is 0 Å². The zero-order chi connectivity index (χ0) is 16.0. The Bertz CT molecular complexity index is 625. The minimum absolute atomic E-state index is 0.0530. The second kappa shape index (κ2) is 7.07. The minimum Gasteiger partial charge on any atom is -0.481 e. The quantitative estimate of drug-likeness (QED) is 0.750. The molecule has 1 aromatic rings. The summed E-state index contributed by atoms with van der Waals surface area (Å²) in [7, 11) is -3.69. The first-order valence-electron chi connectivity index (χ1n) is 6.34. The normalized spacial score (nSPS) is 11.1. The number of nitrogens with zero attached hydrogens (tertiary/aromatic N) is 1. The highest BCUT2D eigenvalue weighted by Crippen LogP contribution is 2.24. The molecule has 0 radical (unpaired) electrons. The molecule has 0 heterocycles. The Morgan fingerprint density at radius 2 is 1.81 bits per heavy atom. The first-order valence-corrected chi connectivity index (χ1v) is 7.95. The maximum absolute atomic E-state index is 12.1. The van der Waals surface area contributed by atoms with Gasteiger partial charge in [-0.1, -0.05) is 12.1 Å². The van der Waals surface area contributed by atoms with Gasteiger partial charge in [-0.15, -0.1) is 0 Å². The zero-order valence-electron chi connectivity index (χ0n) is 11.5. The second-order valence-electron chi connectivity index (χ2n) is 4.29. The smallest absolute Gasteiger partial charge is 0.337 e. The fraction of sp³-hybridized carbons (Fsp3) is 0.385. The van der Waals surface area contributed by atoms with Crippen molar-refractivity contribution in [1.82, 2.24) is 0 Å². The molecule has 0 amide bonds. The number of hydrogen-bond donors (Lipinski definition) is 2. The highest BCUT2D eigenvalue weighted by atomic mass is 32.2. The van der Waals surface area contributed by atoms with Crippen molar-refractivity contribution in [2.75, 3.05) is 16.6 Å². The van der Waals surface area contributed by atoms with E-state index in [9.17, 15) is 18.0 Å². The van der Waals surface area contributed by atoms with Gasteiger partial charge in [0.15, 0.2) is 0 Å². The van der Waals surface area contributed by atoms with Gasteiger partial charge in [0, 0.05) is 13.0 Å². The molecular formula is C13H17NO6S. The van der Waals surface area contributed by atoms with Crippen LogP contribution >= 0.6 is 0 Å². The summed E-state index contributed by atoms with van der Waals surface area (Å²) in [4.78, 5) is 21.8.